The van der Waals surface area contributed by atoms with Crippen molar-refractivity contribution < 1.29 is 27.8 Å². The summed E-state index contributed by atoms with van der Waals surface area (Å²) in [6, 6.07) is 3.99. The number of hydrogen-bond donors (Lipinski definition) is 2. The topological polar surface area (TPSA) is 58.6 Å². The number of rotatable bonds is 5. The van der Waals surface area contributed by atoms with Crippen molar-refractivity contribution in [3.63, 3.8) is 0 Å². The molecule has 1 heterocycles. The zero-order valence-corrected chi connectivity index (χ0v) is 13.0. The Morgan fingerprint density at radius 1 is 1.35 bits per heavy atom. The van der Waals surface area contributed by atoms with Crippen molar-refractivity contribution in [3.8, 4) is 0 Å². The lowest BCUT2D eigenvalue weighted by molar-refractivity contribution is -0.184. The molecule has 1 aromatic carbocycles. The number of hydrogen-bond acceptors (Lipinski definition) is 3. The van der Waals surface area contributed by atoms with Gasteiger partial charge in [0, 0.05) is 5.56 Å². The summed E-state index contributed by atoms with van der Waals surface area (Å²) in [5.41, 5.74) is -0.370. The van der Waals surface area contributed by atoms with Gasteiger partial charge in [0.15, 0.2) is 0 Å². The Balaban J connectivity index is 2.10. The molecule has 1 saturated heterocycles. The van der Waals surface area contributed by atoms with Gasteiger partial charge >= 0.3 is 6.18 Å². The number of aliphatic hydroxyl groups is 1. The van der Waals surface area contributed by atoms with Crippen LogP contribution >= 0.6 is 0 Å². The molecule has 0 saturated carbocycles. The van der Waals surface area contributed by atoms with Crippen LogP contribution in [0, 0.1) is 5.92 Å². The highest BCUT2D eigenvalue weighted by atomic mass is 19.4. The zero-order valence-electron chi connectivity index (χ0n) is 13.0. The molecule has 7 heteroatoms. The summed E-state index contributed by atoms with van der Waals surface area (Å²) in [5, 5.41) is 12.2. The number of halogens is 3. The van der Waals surface area contributed by atoms with Crippen molar-refractivity contribution in [2.45, 2.75) is 38.1 Å². The van der Waals surface area contributed by atoms with Crippen LogP contribution < -0.4 is 5.32 Å². The van der Waals surface area contributed by atoms with Crippen LogP contribution in [0.25, 0.3) is 0 Å². The summed E-state index contributed by atoms with van der Waals surface area (Å²) in [5.74, 6) is -1.50. The average molecular weight is 331 g/mol. The summed E-state index contributed by atoms with van der Waals surface area (Å²) in [6.45, 7) is 3.44. The quantitative estimate of drug-likeness (QED) is 0.872. The lowest BCUT2D eigenvalue weighted by Crippen LogP contribution is -2.49. The highest BCUT2D eigenvalue weighted by molar-refractivity contribution is 5.94. The van der Waals surface area contributed by atoms with Crippen LogP contribution in [0.3, 0.4) is 0 Å². The number of carbonyl (C=O) groups is 1. The molecular weight excluding hydrogens is 311 g/mol. The molecule has 2 unspecified atom stereocenters. The maximum Gasteiger partial charge on any atom is 0.408 e. The summed E-state index contributed by atoms with van der Waals surface area (Å²) in [7, 11) is 0. The van der Waals surface area contributed by atoms with E-state index in [-0.39, 0.29) is 18.8 Å². The average Bonchev–Trinajstić information content (AvgIpc) is 2.48. The van der Waals surface area contributed by atoms with E-state index in [1.54, 1.807) is 6.92 Å². The lowest BCUT2D eigenvalue weighted by atomic mass is 9.91. The molecule has 4 nitrogen and oxygen atoms in total. The molecule has 1 fully saturated rings. The molecule has 1 amide bonds. The Morgan fingerprint density at radius 3 is 2.30 bits per heavy atom. The minimum absolute atomic E-state index is 0.121. The second-order valence-corrected chi connectivity index (χ2v) is 5.98. The third-order valence-corrected chi connectivity index (χ3v) is 4.22. The molecule has 0 aromatic heterocycles. The van der Waals surface area contributed by atoms with E-state index in [2.05, 4.69) is 5.32 Å². The van der Waals surface area contributed by atoms with Crippen molar-refractivity contribution in [2.75, 3.05) is 13.2 Å². The van der Waals surface area contributed by atoms with Crippen molar-refractivity contribution in [1.29, 1.82) is 0 Å². The highest BCUT2D eigenvalue weighted by Gasteiger charge is 2.43. The number of amides is 1. The molecule has 23 heavy (non-hydrogen) atoms. The summed E-state index contributed by atoms with van der Waals surface area (Å²) in [6.07, 6.45) is -4.19. The number of carbonyl (C=O) groups excluding carboxylic acids is 1. The standard InChI is InChI=1S/C16H20F3NO3/c1-3-10(2)13(16(17,18)19)20-14(21)11-4-6-12(7-5-11)15(22)8-23-9-15/h4-7,10,13,22H,3,8-9H2,1-2H3,(H,20,21). The molecule has 2 rings (SSSR count). The van der Waals surface area contributed by atoms with Crippen molar-refractivity contribution >= 4 is 5.91 Å². The minimum atomic E-state index is -4.50. The van der Waals surface area contributed by atoms with E-state index in [0.29, 0.717) is 12.0 Å². The van der Waals surface area contributed by atoms with Crippen molar-refractivity contribution in [1.82, 2.24) is 5.32 Å². The fraction of sp³-hybridized carbons (Fsp3) is 0.562. The molecule has 0 aliphatic carbocycles. The lowest BCUT2D eigenvalue weighted by Gasteiger charge is -2.36. The van der Waals surface area contributed by atoms with Crippen LogP contribution in [0.1, 0.15) is 36.2 Å². The fourth-order valence-corrected chi connectivity index (χ4v) is 2.40. The predicted molar refractivity (Wildman–Crippen MR) is 77.9 cm³/mol. The van der Waals surface area contributed by atoms with Crippen LogP contribution in [0.2, 0.25) is 0 Å². The molecule has 0 spiro atoms. The number of nitrogens with one attached hydrogen (secondary N) is 1. The molecule has 1 aliphatic rings. The molecule has 0 radical (unpaired) electrons. The van der Waals surface area contributed by atoms with Gasteiger partial charge in [0.25, 0.3) is 5.91 Å². The largest absolute Gasteiger partial charge is 0.408 e. The van der Waals surface area contributed by atoms with Gasteiger partial charge in [-0.3, -0.25) is 4.79 Å². The molecule has 128 valence electrons. The second-order valence-electron chi connectivity index (χ2n) is 5.98. The van der Waals surface area contributed by atoms with Crippen molar-refractivity contribution in [3.05, 3.63) is 35.4 Å². The minimum Gasteiger partial charge on any atom is -0.380 e. The normalized spacial score (nSPS) is 19.6. The third-order valence-electron chi connectivity index (χ3n) is 4.22. The smallest absolute Gasteiger partial charge is 0.380 e. The Kier molecular flexibility index (Phi) is 5.01. The van der Waals surface area contributed by atoms with Gasteiger partial charge in [0.2, 0.25) is 0 Å². The van der Waals surface area contributed by atoms with E-state index in [0.717, 1.165) is 0 Å². The fourth-order valence-electron chi connectivity index (χ4n) is 2.40. The van der Waals surface area contributed by atoms with Gasteiger partial charge in [-0.25, -0.2) is 0 Å². The van der Waals surface area contributed by atoms with Gasteiger partial charge in [0.05, 0.1) is 13.2 Å². The van der Waals surface area contributed by atoms with Crippen LogP contribution in [0.15, 0.2) is 24.3 Å². The first kappa shape index (κ1) is 17.7. The van der Waals surface area contributed by atoms with Gasteiger partial charge in [-0.05, 0) is 23.6 Å². The molecule has 1 aromatic rings. The molecule has 2 atom stereocenters. The first-order valence-corrected chi connectivity index (χ1v) is 7.45. The van der Waals surface area contributed by atoms with Crippen LogP contribution in [-0.2, 0) is 10.3 Å². The predicted octanol–water partition coefficient (Wildman–Crippen LogP) is 2.61. The summed E-state index contributed by atoms with van der Waals surface area (Å²) >= 11 is 0. The van der Waals surface area contributed by atoms with E-state index in [9.17, 15) is 23.1 Å². The summed E-state index contributed by atoms with van der Waals surface area (Å²) in [4.78, 5) is 12.1. The summed E-state index contributed by atoms with van der Waals surface area (Å²) < 4.78 is 44.1. The maximum atomic E-state index is 13.0. The third kappa shape index (κ3) is 3.84. The van der Waals surface area contributed by atoms with Crippen LogP contribution in [0.5, 0.6) is 0 Å². The Hall–Kier alpha value is -1.60. The first-order valence-electron chi connectivity index (χ1n) is 7.45. The van der Waals surface area contributed by atoms with Gasteiger partial charge in [0.1, 0.15) is 11.6 Å². The van der Waals surface area contributed by atoms with E-state index in [1.165, 1.54) is 31.2 Å². The molecule has 2 N–H and O–H groups in total. The monoisotopic (exact) mass is 331 g/mol. The Labute approximate surface area is 132 Å². The van der Waals surface area contributed by atoms with E-state index in [4.69, 9.17) is 4.74 Å². The molecule has 0 bridgehead atoms. The number of benzene rings is 1. The Morgan fingerprint density at radius 2 is 1.91 bits per heavy atom. The van der Waals surface area contributed by atoms with Crippen LogP contribution in [0.4, 0.5) is 13.2 Å². The number of alkyl halides is 3. The van der Waals surface area contributed by atoms with Crippen LogP contribution in [-0.4, -0.2) is 36.4 Å². The van der Waals surface area contributed by atoms with Crippen molar-refractivity contribution in [2.24, 2.45) is 5.92 Å². The SMILES string of the molecule is CCC(C)C(NC(=O)c1ccc(C2(O)COC2)cc1)C(F)(F)F. The molecule has 1 aliphatic heterocycles. The number of ether oxygens (including phenoxy) is 1. The van der Waals surface area contributed by atoms with Gasteiger partial charge in [-0.15, -0.1) is 0 Å². The maximum absolute atomic E-state index is 13.0. The van der Waals surface area contributed by atoms with Gasteiger partial charge in [-0.1, -0.05) is 32.4 Å². The second kappa shape index (κ2) is 6.49. The highest BCUT2D eigenvalue weighted by Crippen LogP contribution is 2.30. The van der Waals surface area contributed by atoms with E-state index in [1.807, 2.05) is 0 Å². The van der Waals surface area contributed by atoms with E-state index < -0.39 is 29.6 Å². The van der Waals surface area contributed by atoms with Gasteiger partial charge in [-0.2, -0.15) is 13.2 Å². The van der Waals surface area contributed by atoms with E-state index >= 15 is 0 Å². The molecular formula is C16H20F3NO3. The zero-order chi connectivity index (χ0) is 17.3. The Bertz CT molecular complexity index is 553. The first-order chi connectivity index (χ1) is 10.7. The van der Waals surface area contributed by atoms with Gasteiger partial charge < -0.3 is 15.2 Å².